The van der Waals surface area contributed by atoms with Crippen LogP contribution in [0, 0.1) is 5.92 Å². The lowest BCUT2D eigenvalue weighted by atomic mass is 9.97. The fraction of sp³-hybridized carbons (Fsp3) is 0.529. The molecule has 2 saturated heterocycles. The van der Waals surface area contributed by atoms with Crippen molar-refractivity contribution in [2.75, 3.05) is 49.6 Å². The summed E-state index contributed by atoms with van der Waals surface area (Å²) in [5.41, 5.74) is 2.26. The van der Waals surface area contributed by atoms with Crippen LogP contribution in [0.1, 0.15) is 12.8 Å². The highest BCUT2D eigenvalue weighted by molar-refractivity contribution is 5.94. The standard InChI is InChI=1S/C17H22N4O3.ClH/c22-16(12-3-5-18-6-4-12)19-13-1-2-14-15(11-13)24-17(20-14)21-7-9-23-10-8-21;/h1-2,11-12,18H,3-10H2,(H,19,22);1H. The molecule has 4 rings (SSSR count). The molecule has 2 fully saturated rings. The second-order valence-corrected chi connectivity index (χ2v) is 6.29. The smallest absolute Gasteiger partial charge is 0.298 e. The number of nitrogens with one attached hydrogen (secondary N) is 2. The molecule has 2 aliphatic rings. The van der Waals surface area contributed by atoms with E-state index in [9.17, 15) is 4.79 Å². The van der Waals surface area contributed by atoms with E-state index in [1.54, 1.807) is 0 Å². The van der Waals surface area contributed by atoms with Gasteiger partial charge in [-0.15, -0.1) is 12.4 Å². The fourth-order valence-electron chi connectivity index (χ4n) is 3.21. The third-order valence-corrected chi connectivity index (χ3v) is 4.64. The molecular formula is C17H23ClN4O3. The maximum absolute atomic E-state index is 12.3. The highest BCUT2D eigenvalue weighted by atomic mass is 35.5. The van der Waals surface area contributed by atoms with Gasteiger partial charge in [-0.05, 0) is 38.1 Å². The molecule has 0 radical (unpaired) electrons. The molecule has 0 unspecified atom stereocenters. The van der Waals surface area contributed by atoms with E-state index in [0.29, 0.717) is 24.8 Å². The molecule has 2 aromatic rings. The summed E-state index contributed by atoms with van der Waals surface area (Å²) in [7, 11) is 0. The molecule has 2 N–H and O–H groups in total. The summed E-state index contributed by atoms with van der Waals surface area (Å²) in [5, 5.41) is 6.28. The summed E-state index contributed by atoms with van der Waals surface area (Å²) in [5.74, 6) is 0.171. The molecule has 25 heavy (non-hydrogen) atoms. The van der Waals surface area contributed by atoms with Crippen molar-refractivity contribution >= 4 is 41.1 Å². The molecule has 1 aromatic heterocycles. The van der Waals surface area contributed by atoms with Crippen LogP contribution in [0.5, 0.6) is 0 Å². The highest BCUT2D eigenvalue weighted by Gasteiger charge is 2.21. The lowest BCUT2D eigenvalue weighted by Gasteiger charge is -2.24. The normalized spacial score (nSPS) is 18.8. The lowest BCUT2D eigenvalue weighted by molar-refractivity contribution is -0.120. The number of ether oxygens (including phenoxy) is 1. The summed E-state index contributed by atoms with van der Waals surface area (Å²) < 4.78 is 11.2. The van der Waals surface area contributed by atoms with Crippen molar-refractivity contribution in [3.63, 3.8) is 0 Å². The van der Waals surface area contributed by atoms with Crippen LogP contribution in [0.4, 0.5) is 11.7 Å². The van der Waals surface area contributed by atoms with Crippen molar-refractivity contribution in [3.8, 4) is 0 Å². The fourth-order valence-corrected chi connectivity index (χ4v) is 3.21. The number of hydrogen-bond donors (Lipinski definition) is 2. The number of benzene rings is 1. The van der Waals surface area contributed by atoms with Crippen molar-refractivity contribution in [3.05, 3.63) is 18.2 Å². The predicted octanol–water partition coefficient (Wildman–Crippen LogP) is 2.02. The Balaban J connectivity index is 0.00000182. The van der Waals surface area contributed by atoms with E-state index < -0.39 is 0 Å². The minimum absolute atomic E-state index is 0. The van der Waals surface area contributed by atoms with Crippen LogP contribution in [0.2, 0.25) is 0 Å². The number of nitrogens with zero attached hydrogens (tertiary/aromatic N) is 2. The average Bonchev–Trinajstić information content (AvgIpc) is 3.06. The molecule has 0 bridgehead atoms. The van der Waals surface area contributed by atoms with Gasteiger partial charge in [0.25, 0.3) is 6.01 Å². The van der Waals surface area contributed by atoms with E-state index in [2.05, 4.69) is 20.5 Å². The zero-order chi connectivity index (χ0) is 16.4. The second kappa shape index (κ2) is 8.03. The summed E-state index contributed by atoms with van der Waals surface area (Å²) in [6, 6.07) is 6.24. The molecule has 0 saturated carbocycles. The van der Waals surface area contributed by atoms with E-state index >= 15 is 0 Å². The van der Waals surface area contributed by atoms with Crippen molar-refractivity contribution in [1.29, 1.82) is 0 Å². The molecule has 8 heteroatoms. The van der Waals surface area contributed by atoms with Gasteiger partial charge in [-0.3, -0.25) is 4.79 Å². The largest absolute Gasteiger partial charge is 0.423 e. The molecular weight excluding hydrogens is 344 g/mol. The van der Waals surface area contributed by atoms with Gasteiger partial charge in [0.1, 0.15) is 5.52 Å². The molecule has 2 aliphatic heterocycles. The molecule has 0 aliphatic carbocycles. The van der Waals surface area contributed by atoms with Crippen molar-refractivity contribution in [1.82, 2.24) is 10.3 Å². The number of rotatable bonds is 3. The number of carbonyl (C=O) groups is 1. The molecule has 0 spiro atoms. The topological polar surface area (TPSA) is 79.6 Å². The van der Waals surface area contributed by atoms with E-state index in [-0.39, 0.29) is 24.2 Å². The van der Waals surface area contributed by atoms with Gasteiger partial charge in [0.2, 0.25) is 5.91 Å². The van der Waals surface area contributed by atoms with Crippen LogP contribution < -0.4 is 15.5 Å². The van der Waals surface area contributed by atoms with Gasteiger partial charge in [-0.2, -0.15) is 4.98 Å². The van der Waals surface area contributed by atoms with Gasteiger partial charge < -0.3 is 24.7 Å². The van der Waals surface area contributed by atoms with Crippen LogP contribution in [0.15, 0.2) is 22.6 Å². The number of oxazole rings is 1. The lowest BCUT2D eigenvalue weighted by Crippen LogP contribution is -2.36. The number of hydrogen-bond acceptors (Lipinski definition) is 6. The van der Waals surface area contributed by atoms with Crippen LogP contribution in [0.25, 0.3) is 11.1 Å². The minimum Gasteiger partial charge on any atom is -0.423 e. The number of anilines is 2. The quantitative estimate of drug-likeness (QED) is 0.865. The molecule has 1 amide bonds. The number of piperidine rings is 1. The molecule has 1 aromatic carbocycles. The third kappa shape index (κ3) is 4.05. The third-order valence-electron chi connectivity index (χ3n) is 4.64. The summed E-state index contributed by atoms with van der Waals surface area (Å²) in [4.78, 5) is 19.0. The number of amides is 1. The van der Waals surface area contributed by atoms with Crippen LogP contribution >= 0.6 is 12.4 Å². The van der Waals surface area contributed by atoms with E-state index in [1.165, 1.54) is 0 Å². The second-order valence-electron chi connectivity index (χ2n) is 6.29. The zero-order valence-corrected chi connectivity index (χ0v) is 14.8. The van der Waals surface area contributed by atoms with Gasteiger partial charge in [-0.25, -0.2) is 0 Å². The van der Waals surface area contributed by atoms with Gasteiger partial charge in [0.15, 0.2) is 5.58 Å². The van der Waals surface area contributed by atoms with Gasteiger partial charge in [0.05, 0.1) is 13.2 Å². The van der Waals surface area contributed by atoms with Crippen LogP contribution in [-0.2, 0) is 9.53 Å². The molecule has 3 heterocycles. The first-order chi connectivity index (χ1) is 11.8. The Morgan fingerprint density at radius 1 is 1.24 bits per heavy atom. The highest BCUT2D eigenvalue weighted by Crippen LogP contribution is 2.26. The van der Waals surface area contributed by atoms with Crippen LogP contribution in [0.3, 0.4) is 0 Å². The van der Waals surface area contributed by atoms with Crippen molar-refractivity contribution < 1.29 is 13.9 Å². The van der Waals surface area contributed by atoms with E-state index in [1.807, 2.05) is 18.2 Å². The van der Waals surface area contributed by atoms with Crippen LogP contribution in [-0.4, -0.2) is 50.3 Å². The van der Waals surface area contributed by atoms with Crippen molar-refractivity contribution in [2.24, 2.45) is 5.92 Å². The number of carbonyl (C=O) groups excluding carboxylic acids is 1. The number of aromatic nitrogens is 1. The minimum atomic E-state index is 0. The first-order valence-electron chi connectivity index (χ1n) is 8.54. The Morgan fingerprint density at radius 3 is 2.76 bits per heavy atom. The maximum atomic E-state index is 12.3. The Kier molecular flexibility index (Phi) is 5.78. The summed E-state index contributed by atoms with van der Waals surface area (Å²) in [6.45, 7) is 4.76. The first-order valence-corrected chi connectivity index (χ1v) is 8.54. The number of morpholine rings is 1. The Morgan fingerprint density at radius 2 is 2.00 bits per heavy atom. The SMILES string of the molecule is Cl.O=C(Nc1ccc2nc(N3CCOCC3)oc2c1)C1CCNCC1. The zero-order valence-electron chi connectivity index (χ0n) is 14.0. The van der Waals surface area contributed by atoms with E-state index in [4.69, 9.17) is 9.15 Å². The van der Waals surface area contributed by atoms with Gasteiger partial charge >= 0.3 is 0 Å². The Hall–Kier alpha value is -1.83. The van der Waals surface area contributed by atoms with E-state index in [0.717, 1.165) is 50.2 Å². The monoisotopic (exact) mass is 366 g/mol. The van der Waals surface area contributed by atoms with Gasteiger partial charge in [0, 0.05) is 30.8 Å². The van der Waals surface area contributed by atoms with Gasteiger partial charge in [-0.1, -0.05) is 0 Å². The molecule has 136 valence electrons. The first kappa shape index (κ1) is 18.0. The number of fused-ring (bicyclic) bond motifs is 1. The summed E-state index contributed by atoms with van der Waals surface area (Å²) in [6.07, 6.45) is 1.77. The molecule has 7 nitrogen and oxygen atoms in total. The number of halogens is 1. The molecule has 0 atom stereocenters. The average molecular weight is 367 g/mol. The predicted molar refractivity (Wildman–Crippen MR) is 98.5 cm³/mol. The Bertz CT molecular complexity index is 724. The Labute approximate surface area is 152 Å². The summed E-state index contributed by atoms with van der Waals surface area (Å²) >= 11 is 0. The maximum Gasteiger partial charge on any atom is 0.298 e. The van der Waals surface area contributed by atoms with Crippen molar-refractivity contribution in [2.45, 2.75) is 12.8 Å².